The fourth-order valence-corrected chi connectivity index (χ4v) is 6.51. The van der Waals surface area contributed by atoms with Gasteiger partial charge < -0.3 is 10.2 Å². The molecule has 45 heavy (non-hydrogen) atoms. The molecule has 0 aliphatic rings. The zero-order chi connectivity index (χ0) is 32.6. The van der Waals surface area contributed by atoms with Gasteiger partial charge in [0.2, 0.25) is 11.8 Å². The Morgan fingerprint density at radius 3 is 2.09 bits per heavy atom. The van der Waals surface area contributed by atoms with Crippen LogP contribution in [0.1, 0.15) is 37.0 Å². The number of aryl methyl sites for hydroxylation is 1. The van der Waals surface area contributed by atoms with Crippen molar-refractivity contribution < 1.29 is 18.0 Å². The lowest BCUT2D eigenvalue weighted by molar-refractivity contribution is -0.140. The first kappa shape index (κ1) is 34.0. The monoisotopic (exact) mass is 665 g/mol. The van der Waals surface area contributed by atoms with Gasteiger partial charge in [-0.1, -0.05) is 96.4 Å². The number of benzene rings is 4. The summed E-state index contributed by atoms with van der Waals surface area (Å²) in [6, 6.07) is 28.1. The molecule has 0 spiro atoms. The van der Waals surface area contributed by atoms with Crippen LogP contribution >= 0.6 is 23.2 Å². The van der Waals surface area contributed by atoms with Crippen molar-refractivity contribution in [3.8, 4) is 0 Å². The van der Waals surface area contributed by atoms with Crippen molar-refractivity contribution in [3.05, 3.63) is 130 Å². The van der Waals surface area contributed by atoms with Crippen LogP contribution in [0.25, 0.3) is 0 Å². The van der Waals surface area contributed by atoms with Crippen molar-refractivity contribution in [1.29, 1.82) is 0 Å². The molecule has 0 fully saturated rings. The van der Waals surface area contributed by atoms with Crippen LogP contribution in [-0.2, 0) is 32.6 Å². The van der Waals surface area contributed by atoms with Gasteiger partial charge >= 0.3 is 0 Å². The van der Waals surface area contributed by atoms with Crippen molar-refractivity contribution in [2.75, 3.05) is 10.8 Å². The molecule has 0 aliphatic carbocycles. The molecular formula is C35H37Cl2N3O4S. The van der Waals surface area contributed by atoms with Gasteiger partial charge in [-0.25, -0.2) is 8.42 Å². The topological polar surface area (TPSA) is 86.8 Å². The first-order chi connectivity index (χ1) is 21.5. The van der Waals surface area contributed by atoms with Gasteiger partial charge in [0.1, 0.15) is 12.6 Å². The third kappa shape index (κ3) is 8.87. The first-order valence-corrected chi connectivity index (χ1v) is 16.9. The molecule has 0 radical (unpaired) electrons. The van der Waals surface area contributed by atoms with E-state index in [-0.39, 0.29) is 29.8 Å². The van der Waals surface area contributed by atoms with Gasteiger partial charge in [-0.05, 0) is 73.9 Å². The van der Waals surface area contributed by atoms with Gasteiger partial charge in [-0.3, -0.25) is 13.9 Å². The maximum absolute atomic E-state index is 14.5. The summed E-state index contributed by atoms with van der Waals surface area (Å²) in [6.45, 7) is 5.19. The zero-order valence-corrected chi connectivity index (χ0v) is 27.8. The smallest absolute Gasteiger partial charge is 0.264 e. The minimum atomic E-state index is -4.22. The van der Waals surface area contributed by atoms with Crippen LogP contribution in [0.5, 0.6) is 0 Å². The summed E-state index contributed by atoms with van der Waals surface area (Å²) in [5.41, 5.74) is 2.72. The molecule has 4 rings (SSSR count). The number of amides is 2. The summed E-state index contributed by atoms with van der Waals surface area (Å²) in [4.78, 5) is 29.8. The predicted molar refractivity (Wildman–Crippen MR) is 181 cm³/mol. The van der Waals surface area contributed by atoms with Crippen LogP contribution in [0.3, 0.4) is 0 Å². The lowest BCUT2D eigenvalue weighted by Gasteiger charge is -2.34. The van der Waals surface area contributed by atoms with Gasteiger partial charge in [-0.15, -0.1) is 0 Å². The Balaban J connectivity index is 1.81. The second-order valence-electron chi connectivity index (χ2n) is 10.9. The molecule has 4 aromatic carbocycles. The summed E-state index contributed by atoms with van der Waals surface area (Å²) in [7, 11) is -4.22. The molecule has 2 atom stereocenters. The molecule has 4 aromatic rings. The molecule has 1 N–H and O–H groups in total. The maximum atomic E-state index is 14.5. The molecule has 0 unspecified atom stereocenters. The highest BCUT2D eigenvalue weighted by Gasteiger charge is 2.35. The van der Waals surface area contributed by atoms with Gasteiger partial charge in [0, 0.05) is 29.1 Å². The SMILES string of the molecule is CC[C@@H](C)NC(=O)[C@@H](Cc1ccccc1)N(Cc1ccccc1Cl)C(=O)CN(c1ccc(C)cc1)S(=O)(=O)c1ccc(Cl)cc1. The van der Waals surface area contributed by atoms with E-state index in [0.29, 0.717) is 27.7 Å². The molecule has 0 aliphatic heterocycles. The minimum absolute atomic E-state index is 0.00728. The Bertz CT molecular complexity index is 1700. The fraction of sp³-hybridized carbons (Fsp3) is 0.257. The van der Waals surface area contributed by atoms with Crippen molar-refractivity contribution in [1.82, 2.24) is 10.2 Å². The van der Waals surface area contributed by atoms with E-state index in [0.717, 1.165) is 15.4 Å². The van der Waals surface area contributed by atoms with E-state index in [4.69, 9.17) is 23.2 Å². The van der Waals surface area contributed by atoms with Crippen LogP contribution in [0.4, 0.5) is 5.69 Å². The van der Waals surface area contributed by atoms with E-state index in [1.165, 1.54) is 29.2 Å². The number of halogens is 2. The molecular weight excluding hydrogens is 629 g/mol. The van der Waals surface area contributed by atoms with Gasteiger partial charge in [-0.2, -0.15) is 0 Å². The number of hydrogen-bond acceptors (Lipinski definition) is 4. The van der Waals surface area contributed by atoms with Crippen LogP contribution in [0, 0.1) is 6.92 Å². The van der Waals surface area contributed by atoms with E-state index < -0.39 is 28.5 Å². The number of anilines is 1. The lowest BCUT2D eigenvalue weighted by Crippen LogP contribution is -2.54. The number of rotatable bonds is 13. The molecule has 0 saturated heterocycles. The van der Waals surface area contributed by atoms with Gasteiger partial charge in [0.25, 0.3) is 10.0 Å². The Hall–Kier alpha value is -3.85. The minimum Gasteiger partial charge on any atom is -0.352 e. The van der Waals surface area contributed by atoms with E-state index in [1.807, 2.05) is 51.1 Å². The molecule has 236 valence electrons. The number of nitrogens with zero attached hydrogens (tertiary/aromatic N) is 2. The highest BCUT2D eigenvalue weighted by atomic mass is 35.5. The Kier molecular flexibility index (Phi) is 11.7. The summed E-state index contributed by atoms with van der Waals surface area (Å²) in [6.07, 6.45) is 0.913. The average Bonchev–Trinajstić information content (AvgIpc) is 3.03. The number of carbonyl (C=O) groups excluding carboxylic acids is 2. The number of hydrogen-bond donors (Lipinski definition) is 1. The zero-order valence-electron chi connectivity index (χ0n) is 25.5. The highest BCUT2D eigenvalue weighted by Crippen LogP contribution is 2.27. The summed E-state index contributed by atoms with van der Waals surface area (Å²) >= 11 is 12.6. The third-order valence-electron chi connectivity index (χ3n) is 7.57. The predicted octanol–water partition coefficient (Wildman–Crippen LogP) is 7.05. The second-order valence-corrected chi connectivity index (χ2v) is 13.6. The van der Waals surface area contributed by atoms with Crippen LogP contribution in [0.15, 0.2) is 108 Å². The van der Waals surface area contributed by atoms with E-state index in [9.17, 15) is 18.0 Å². The second kappa shape index (κ2) is 15.4. The quantitative estimate of drug-likeness (QED) is 0.166. The van der Waals surface area contributed by atoms with Crippen LogP contribution in [0.2, 0.25) is 10.0 Å². The van der Waals surface area contributed by atoms with Crippen molar-refractivity contribution in [3.63, 3.8) is 0 Å². The third-order valence-corrected chi connectivity index (χ3v) is 9.98. The first-order valence-electron chi connectivity index (χ1n) is 14.7. The number of sulfonamides is 1. The average molecular weight is 667 g/mol. The van der Waals surface area contributed by atoms with Gasteiger partial charge in [0.15, 0.2) is 0 Å². The largest absolute Gasteiger partial charge is 0.352 e. The lowest BCUT2D eigenvalue weighted by atomic mass is 10.0. The molecule has 10 heteroatoms. The molecule has 0 saturated carbocycles. The highest BCUT2D eigenvalue weighted by molar-refractivity contribution is 7.92. The number of nitrogens with one attached hydrogen (secondary N) is 1. The van der Waals surface area contributed by atoms with Crippen molar-refractivity contribution >= 4 is 50.7 Å². The van der Waals surface area contributed by atoms with Gasteiger partial charge in [0.05, 0.1) is 10.6 Å². The standard InChI is InChI=1S/C35H37Cl2N3O4S/c1-4-26(3)38-35(42)33(22-27-10-6-5-7-11-27)39(23-28-12-8-9-13-32(28)37)34(41)24-40(30-18-14-25(2)15-19-30)45(43,44)31-20-16-29(36)17-21-31/h5-21,26,33H,4,22-24H2,1-3H3,(H,38,42)/t26-,33-/m1/s1. The summed E-state index contributed by atoms with van der Waals surface area (Å²) in [5.74, 6) is -0.899. The van der Waals surface area contributed by atoms with Crippen molar-refractivity contribution in [2.45, 2.75) is 57.1 Å². The maximum Gasteiger partial charge on any atom is 0.264 e. The van der Waals surface area contributed by atoms with Crippen LogP contribution in [-0.4, -0.2) is 43.8 Å². The Morgan fingerprint density at radius 1 is 0.844 bits per heavy atom. The Morgan fingerprint density at radius 2 is 1.47 bits per heavy atom. The summed E-state index contributed by atoms with van der Waals surface area (Å²) < 4.78 is 29.3. The molecule has 0 bridgehead atoms. The summed E-state index contributed by atoms with van der Waals surface area (Å²) in [5, 5.41) is 3.84. The van der Waals surface area contributed by atoms with E-state index in [1.54, 1.807) is 48.5 Å². The molecule has 2 amide bonds. The molecule has 0 heterocycles. The van der Waals surface area contributed by atoms with E-state index in [2.05, 4.69) is 5.32 Å². The van der Waals surface area contributed by atoms with E-state index >= 15 is 0 Å². The molecule has 7 nitrogen and oxygen atoms in total. The fourth-order valence-electron chi connectivity index (χ4n) is 4.78. The Labute approximate surface area is 275 Å². The van der Waals surface area contributed by atoms with Crippen LogP contribution < -0.4 is 9.62 Å². The normalized spacial score (nSPS) is 12.6. The molecule has 0 aromatic heterocycles. The number of carbonyl (C=O) groups is 2. The van der Waals surface area contributed by atoms with Crippen molar-refractivity contribution in [2.24, 2.45) is 0 Å².